The van der Waals surface area contributed by atoms with E-state index in [2.05, 4.69) is 11.8 Å². The average molecular weight is 310 g/mol. The number of nitrogens with zero attached hydrogens (tertiary/aromatic N) is 2. The van der Waals surface area contributed by atoms with Crippen LogP contribution in [-0.2, 0) is 14.9 Å². The molecule has 1 aromatic rings. The number of unbranched alkanes of at least 4 members (excludes halogenated alkanes) is 1. The van der Waals surface area contributed by atoms with E-state index in [4.69, 9.17) is 9.72 Å². The van der Waals surface area contributed by atoms with E-state index in [1.54, 1.807) is 11.3 Å². The third kappa shape index (κ3) is 3.76. The maximum Gasteiger partial charge on any atom is 0.317 e. The maximum atomic E-state index is 12.1. The molecule has 0 spiro atoms. The van der Waals surface area contributed by atoms with Crippen LogP contribution in [0.1, 0.15) is 59.1 Å². The minimum absolute atomic E-state index is 0.201. The zero-order chi connectivity index (χ0) is 15.5. The Balaban J connectivity index is 2.13. The van der Waals surface area contributed by atoms with Gasteiger partial charge in [-0.05, 0) is 40.0 Å². The highest BCUT2D eigenvalue weighted by molar-refractivity contribution is 7.13. The van der Waals surface area contributed by atoms with Crippen LogP contribution in [0, 0.1) is 0 Å². The minimum atomic E-state index is -0.676. The number of hydrogen-bond donors (Lipinski definition) is 0. The van der Waals surface area contributed by atoms with Gasteiger partial charge in [-0.2, -0.15) is 0 Å². The van der Waals surface area contributed by atoms with Crippen molar-refractivity contribution in [1.82, 2.24) is 4.98 Å². The molecule has 1 aliphatic rings. The number of carbonyl (C=O) groups excluding carboxylic acids is 1. The van der Waals surface area contributed by atoms with Crippen LogP contribution in [0.5, 0.6) is 0 Å². The molecule has 118 valence electrons. The first kappa shape index (κ1) is 16.3. The molecule has 0 atom stereocenters. The lowest BCUT2D eigenvalue weighted by Gasteiger charge is -2.22. The Morgan fingerprint density at radius 1 is 1.48 bits per heavy atom. The number of anilines is 1. The number of aromatic nitrogens is 1. The number of rotatable bonds is 8. The van der Waals surface area contributed by atoms with E-state index in [9.17, 15) is 4.79 Å². The third-order valence-electron chi connectivity index (χ3n) is 3.90. The lowest BCUT2D eigenvalue weighted by atomic mass is 9.90. The van der Waals surface area contributed by atoms with Crippen molar-refractivity contribution in [3.63, 3.8) is 0 Å². The second kappa shape index (κ2) is 6.77. The highest BCUT2D eigenvalue weighted by Crippen LogP contribution is 2.36. The van der Waals surface area contributed by atoms with Gasteiger partial charge in [-0.1, -0.05) is 13.3 Å². The Hall–Kier alpha value is -1.10. The van der Waals surface area contributed by atoms with Crippen molar-refractivity contribution >= 4 is 22.4 Å². The van der Waals surface area contributed by atoms with E-state index in [0.717, 1.165) is 17.4 Å². The van der Waals surface area contributed by atoms with Gasteiger partial charge in [0.25, 0.3) is 0 Å². The summed E-state index contributed by atoms with van der Waals surface area (Å²) in [5.74, 6) is -0.201. The van der Waals surface area contributed by atoms with Crippen LogP contribution in [0.3, 0.4) is 0 Å². The second-order valence-electron chi connectivity index (χ2n) is 6.14. The smallest absolute Gasteiger partial charge is 0.317 e. The van der Waals surface area contributed by atoms with Gasteiger partial charge in [0, 0.05) is 18.0 Å². The number of ether oxygens (including phenoxy) is 1. The molecule has 0 radical (unpaired) electrons. The van der Waals surface area contributed by atoms with Gasteiger partial charge in [0.05, 0.1) is 12.3 Å². The zero-order valence-corrected chi connectivity index (χ0v) is 14.3. The molecule has 0 aliphatic heterocycles. The normalized spacial score (nSPS) is 15.0. The monoisotopic (exact) mass is 310 g/mol. The molecular formula is C16H26N2O2S. The summed E-state index contributed by atoms with van der Waals surface area (Å²) in [4.78, 5) is 19.3. The van der Waals surface area contributed by atoms with E-state index in [1.165, 1.54) is 25.7 Å². The lowest BCUT2D eigenvalue weighted by molar-refractivity contribution is -0.148. The zero-order valence-electron chi connectivity index (χ0n) is 13.5. The SMILES string of the molecule is CCCCN(c1nc(C(C)(C)C(=O)OCC)cs1)C1CC1. The Kier molecular flexibility index (Phi) is 5.25. The highest BCUT2D eigenvalue weighted by atomic mass is 32.1. The highest BCUT2D eigenvalue weighted by Gasteiger charge is 2.36. The van der Waals surface area contributed by atoms with Gasteiger partial charge in [0.2, 0.25) is 0 Å². The van der Waals surface area contributed by atoms with Gasteiger partial charge < -0.3 is 9.64 Å². The molecule has 5 heteroatoms. The predicted octanol–water partition coefficient (Wildman–Crippen LogP) is 3.75. The van der Waals surface area contributed by atoms with Crippen molar-refractivity contribution < 1.29 is 9.53 Å². The van der Waals surface area contributed by atoms with E-state index in [1.807, 2.05) is 26.2 Å². The molecule has 0 N–H and O–H groups in total. The van der Waals surface area contributed by atoms with Crippen molar-refractivity contribution in [2.75, 3.05) is 18.1 Å². The van der Waals surface area contributed by atoms with Crippen LogP contribution >= 0.6 is 11.3 Å². The van der Waals surface area contributed by atoms with E-state index in [0.29, 0.717) is 12.6 Å². The number of esters is 1. The molecule has 0 aromatic carbocycles. The van der Waals surface area contributed by atoms with Gasteiger partial charge in [-0.3, -0.25) is 4.79 Å². The Morgan fingerprint density at radius 3 is 2.76 bits per heavy atom. The summed E-state index contributed by atoms with van der Waals surface area (Å²) in [5.41, 5.74) is 0.146. The molecule has 1 aliphatic carbocycles. The Labute approximate surface area is 131 Å². The van der Waals surface area contributed by atoms with E-state index in [-0.39, 0.29) is 5.97 Å². The lowest BCUT2D eigenvalue weighted by Crippen LogP contribution is -2.32. The molecule has 4 nitrogen and oxygen atoms in total. The summed E-state index contributed by atoms with van der Waals surface area (Å²) >= 11 is 1.65. The van der Waals surface area contributed by atoms with Gasteiger partial charge in [0.1, 0.15) is 5.41 Å². The first-order chi connectivity index (χ1) is 10.0. The number of carbonyl (C=O) groups is 1. The fourth-order valence-electron chi connectivity index (χ4n) is 2.25. The van der Waals surface area contributed by atoms with Crippen molar-refractivity contribution in [3.8, 4) is 0 Å². The van der Waals surface area contributed by atoms with Crippen LogP contribution in [-0.4, -0.2) is 30.1 Å². The molecule has 21 heavy (non-hydrogen) atoms. The van der Waals surface area contributed by atoms with Crippen LogP contribution < -0.4 is 4.90 Å². The molecule has 0 unspecified atom stereocenters. The quantitative estimate of drug-likeness (QED) is 0.686. The molecule has 1 aromatic heterocycles. The fraction of sp³-hybridized carbons (Fsp3) is 0.750. The van der Waals surface area contributed by atoms with Gasteiger partial charge >= 0.3 is 5.97 Å². The first-order valence-electron chi connectivity index (χ1n) is 7.90. The molecular weight excluding hydrogens is 284 g/mol. The van der Waals surface area contributed by atoms with Crippen molar-refractivity contribution in [2.45, 2.75) is 64.8 Å². The molecule has 0 saturated heterocycles. The minimum Gasteiger partial charge on any atom is -0.465 e. The van der Waals surface area contributed by atoms with Crippen molar-refractivity contribution in [1.29, 1.82) is 0 Å². The largest absolute Gasteiger partial charge is 0.465 e. The summed E-state index contributed by atoms with van der Waals surface area (Å²) in [7, 11) is 0. The van der Waals surface area contributed by atoms with Gasteiger partial charge in [0.15, 0.2) is 5.13 Å². The fourth-order valence-corrected chi connectivity index (χ4v) is 3.34. The second-order valence-corrected chi connectivity index (χ2v) is 6.98. The first-order valence-corrected chi connectivity index (χ1v) is 8.78. The maximum absolute atomic E-state index is 12.1. The van der Waals surface area contributed by atoms with Crippen molar-refractivity contribution in [2.24, 2.45) is 0 Å². The molecule has 1 heterocycles. The van der Waals surface area contributed by atoms with Crippen LogP contribution in [0.4, 0.5) is 5.13 Å². The van der Waals surface area contributed by atoms with Gasteiger partial charge in [-0.25, -0.2) is 4.98 Å². The topological polar surface area (TPSA) is 42.4 Å². The molecule has 1 fully saturated rings. The molecule has 0 amide bonds. The van der Waals surface area contributed by atoms with E-state index >= 15 is 0 Å². The Morgan fingerprint density at radius 2 is 2.19 bits per heavy atom. The van der Waals surface area contributed by atoms with Crippen LogP contribution in [0.25, 0.3) is 0 Å². The standard InChI is InChI=1S/C16H26N2O2S/c1-5-7-10-18(12-8-9-12)15-17-13(11-21-15)16(3,4)14(19)20-6-2/h11-12H,5-10H2,1-4H3. The summed E-state index contributed by atoms with van der Waals surface area (Å²) in [6, 6.07) is 0.654. The van der Waals surface area contributed by atoms with E-state index < -0.39 is 5.41 Å². The molecule has 1 saturated carbocycles. The number of thiazole rings is 1. The van der Waals surface area contributed by atoms with Gasteiger partial charge in [-0.15, -0.1) is 11.3 Å². The summed E-state index contributed by atoms with van der Waals surface area (Å²) in [6.45, 7) is 9.29. The summed E-state index contributed by atoms with van der Waals surface area (Å²) in [5, 5.41) is 3.06. The Bertz CT molecular complexity index is 480. The van der Waals surface area contributed by atoms with Crippen molar-refractivity contribution in [3.05, 3.63) is 11.1 Å². The third-order valence-corrected chi connectivity index (χ3v) is 4.78. The van der Waals surface area contributed by atoms with Crippen LogP contribution in [0.2, 0.25) is 0 Å². The summed E-state index contributed by atoms with van der Waals surface area (Å²) in [6.07, 6.45) is 4.91. The summed E-state index contributed by atoms with van der Waals surface area (Å²) < 4.78 is 5.17. The molecule has 0 bridgehead atoms. The molecule has 2 rings (SSSR count). The predicted molar refractivity (Wildman–Crippen MR) is 87.0 cm³/mol. The van der Waals surface area contributed by atoms with Crippen LogP contribution in [0.15, 0.2) is 5.38 Å². The number of hydrogen-bond acceptors (Lipinski definition) is 5. The average Bonchev–Trinajstić information content (AvgIpc) is 3.15.